The van der Waals surface area contributed by atoms with Crippen molar-refractivity contribution in [3.63, 3.8) is 0 Å². The summed E-state index contributed by atoms with van der Waals surface area (Å²) in [6, 6.07) is 15.3. The molecule has 0 aliphatic carbocycles. The van der Waals surface area contributed by atoms with Gasteiger partial charge >= 0.3 is 0 Å². The smallest absolute Gasteiger partial charge is 0.240 e. The summed E-state index contributed by atoms with van der Waals surface area (Å²) in [6.07, 6.45) is 1.73. The van der Waals surface area contributed by atoms with Gasteiger partial charge < -0.3 is 10.2 Å². The monoisotopic (exact) mass is 428 g/mol. The second kappa shape index (κ2) is 9.16. The van der Waals surface area contributed by atoms with Crippen LogP contribution in [-0.2, 0) is 21.2 Å². The number of aryl methyl sites for hydroxylation is 1. The average Bonchev–Trinajstić information content (AvgIpc) is 2.77. The third-order valence-electron chi connectivity index (χ3n) is 5.72. The number of piperazine rings is 1. The zero-order valence-electron chi connectivity index (χ0n) is 17.0. The van der Waals surface area contributed by atoms with Crippen molar-refractivity contribution in [2.75, 3.05) is 49.5 Å². The Bertz CT molecular complexity index is 987. The summed E-state index contributed by atoms with van der Waals surface area (Å²) >= 11 is 0. The lowest BCUT2D eigenvalue weighted by Gasteiger charge is -2.36. The van der Waals surface area contributed by atoms with E-state index in [-0.39, 0.29) is 10.8 Å². The molecule has 0 saturated carbocycles. The van der Waals surface area contributed by atoms with Gasteiger partial charge in [-0.15, -0.1) is 0 Å². The number of rotatable bonds is 7. The first-order valence-electron chi connectivity index (χ1n) is 10.5. The Hall–Kier alpha value is -2.42. The number of hydrogen-bond donors (Lipinski definition) is 2. The number of benzene rings is 2. The van der Waals surface area contributed by atoms with Crippen LogP contribution in [0.2, 0.25) is 0 Å². The fourth-order valence-corrected chi connectivity index (χ4v) is 5.11. The average molecular weight is 429 g/mol. The molecule has 2 aliphatic rings. The van der Waals surface area contributed by atoms with Crippen molar-refractivity contribution in [1.29, 1.82) is 0 Å². The summed E-state index contributed by atoms with van der Waals surface area (Å²) in [5.41, 5.74) is 2.84. The van der Waals surface area contributed by atoms with Crippen molar-refractivity contribution < 1.29 is 13.2 Å². The number of sulfonamides is 1. The van der Waals surface area contributed by atoms with E-state index in [1.54, 1.807) is 18.2 Å². The fraction of sp³-hybridized carbons (Fsp3) is 0.409. The Morgan fingerprint density at radius 2 is 1.73 bits per heavy atom. The molecule has 8 heteroatoms. The second-order valence-corrected chi connectivity index (χ2v) is 9.55. The minimum atomic E-state index is -3.54. The van der Waals surface area contributed by atoms with E-state index in [4.69, 9.17) is 0 Å². The lowest BCUT2D eigenvalue weighted by molar-refractivity contribution is -0.116. The van der Waals surface area contributed by atoms with Crippen LogP contribution in [0.1, 0.15) is 18.4 Å². The molecule has 1 fully saturated rings. The van der Waals surface area contributed by atoms with Gasteiger partial charge in [0.1, 0.15) is 0 Å². The van der Waals surface area contributed by atoms with Crippen LogP contribution < -0.4 is 14.9 Å². The van der Waals surface area contributed by atoms with Gasteiger partial charge in [-0.25, -0.2) is 13.1 Å². The lowest BCUT2D eigenvalue weighted by atomic mass is 10.0. The number of nitrogens with zero attached hydrogens (tertiary/aromatic N) is 2. The first-order chi connectivity index (χ1) is 14.5. The number of nitrogens with one attached hydrogen (secondary N) is 2. The van der Waals surface area contributed by atoms with Crippen LogP contribution in [0.3, 0.4) is 0 Å². The van der Waals surface area contributed by atoms with Crippen molar-refractivity contribution in [2.24, 2.45) is 0 Å². The molecule has 0 unspecified atom stereocenters. The molecule has 7 nitrogen and oxygen atoms in total. The van der Waals surface area contributed by atoms with Crippen LogP contribution >= 0.6 is 0 Å². The largest absolute Gasteiger partial charge is 0.369 e. The number of amides is 1. The number of carbonyl (C=O) groups excluding carboxylic acids is 1. The van der Waals surface area contributed by atoms with Crippen LogP contribution in [-0.4, -0.2) is 58.5 Å². The third-order valence-corrected chi connectivity index (χ3v) is 7.18. The van der Waals surface area contributed by atoms with Gasteiger partial charge in [0.15, 0.2) is 0 Å². The summed E-state index contributed by atoms with van der Waals surface area (Å²) in [6.45, 7) is 5.23. The molecule has 0 atom stereocenters. The molecule has 2 heterocycles. The molecule has 0 spiro atoms. The van der Waals surface area contributed by atoms with Gasteiger partial charge in [-0.1, -0.05) is 18.2 Å². The second-order valence-electron chi connectivity index (χ2n) is 7.78. The van der Waals surface area contributed by atoms with Crippen LogP contribution in [0.25, 0.3) is 0 Å². The van der Waals surface area contributed by atoms with E-state index >= 15 is 0 Å². The van der Waals surface area contributed by atoms with Crippen LogP contribution in [0.5, 0.6) is 0 Å². The van der Waals surface area contributed by atoms with Crippen LogP contribution in [0, 0.1) is 0 Å². The molecule has 1 saturated heterocycles. The molecule has 30 heavy (non-hydrogen) atoms. The molecule has 2 aromatic rings. The summed E-state index contributed by atoms with van der Waals surface area (Å²) in [4.78, 5) is 16.5. The Kier molecular flexibility index (Phi) is 6.36. The molecule has 0 bridgehead atoms. The number of hydrogen-bond acceptors (Lipinski definition) is 5. The third kappa shape index (κ3) is 5.00. The Labute approximate surface area is 178 Å². The van der Waals surface area contributed by atoms with Gasteiger partial charge in [0.25, 0.3) is 0 Å². The summed E-state index contributed by atoms with van der Waals surface area (Å²) in [5, 5.41) is 2.78. The maximum Gasteiger partial charge on any atom is 0.240 e. The quantitative estimate of drug-likeness (QED) is 0.660. The van der Waals surface area contributed by atoms with E-state index in [0.717, 1.165) is 44.7 Å². The topological polar surface area (TPSA) is 81.8 Å². The number of anilines is 2. The van der Waals surface area contributed by atoms with Crippen molar-refractivity contribution in [3.8, 4) is 0 Å². The normalized spacial score (nSPS) is 17.5. The molecule has 160 valence electrons. The molecule has 0 radical (unpaired) electrons. The van der Waals surface area contributed by atoms with Gasteiger partial charge in [-0.05, 0) is 55.3 Å². The highest BCUT2D eigenvalue weighted by atomic mass is 32.2. The van der Waals surface area contributed by atoms with Gasteiger partial charge in [-0.2, -0.15) is 0 Å². The highest BCUT2D eigenvalue weighted by molar-refractivity contribution is 7.89. The molecule has 2 aromatic carbocycles. The molecule has 0 aromatic heterocycles. The van der Waals surface area contributed by atoms with E-state index in [1.165, 1.54) is 5.69 Å². The first-order valence-corrected chi connectivity index (χ1v) is 11.9. The van der Waals surface area contributed by atoms with E-state index < -0.39 is 10.0 Å². The Morgan fingerprint density at radius 3 is 2.50 bits per heavy atom. The van der Waals surface area contributed by atoms with E-state index in [9.17, 15) is 13.2 Å². The summed E-state index contributed by atoms with van der Waals surface area (Å²) in [5.74, 6) is -0.0270. The SMILES string of the molecule is O=C1CCc2cc(S(=O)(=O)NCCCN3CCN(c4ccccc4)CC3)ccc2N1. The van der Waals surface area contributed by atoms with Gasteiger partial charge in [0.05, 0.1) is 4.90 Å². The van der Waals surface area contributed by atoms with Crippen LogP contribution in [0.4, 0.5) is 11.4 Å². The van der Waals surface area contributed by atoms with Crippen molar-refractivity contribution in [2.45, 2.75) is 24.2 Å². The van der Waals surface area contributed by atoms with Crippen molar-refractivity contribution in [1.82, 2.24) is 9.62 Å². The molecular weight excluding hydrogens is 400 g/mol. The number of carbonyl (C=O) groups is 1. The zero-order valence-corrected chi connectivity index (χ0v) is 17.8. The zero-order chi connectivity index (χ0) is 21.0. The first kappa shape index (κ1) is 20.8. The predicted molar refractivity (Wildman–Crippen MR) is 118 cm³/mol. The summed E-state index contributed by atoms with van der Waals surface area (Å²) in [7, 11) is -3.54. The Morgan fingerprint density at radius 1 is 0.967 bits per heavy atom. The van der Waals surface area contributed by atoms with Gasteiger partial charge in [0, 0.05) is 50.5 Å². The van der Waals surface area contributed by atoms with Crippen molar-refractivity contribution >= 4 is 27.3 Å². The van der Waals surface area contributed by atoms with E-state index in [0.29, 0.717) is 25.1 Å². The molecule has 2 aliphatic heterocycles. The molecule has 1 amide bonds. The fourth-order valence-electron chi connectivity index (χ4n) is 3.99. The minimum Gasteiger partial charge on any atom is -0.369 e. The maximum absolute atomic E-state index is 12.6. The molecule has 4 rings (SSSR count). The highest BCUT2D eigenvalue weighted by Gasteiger charge is 2.20. The molecular formula is C22H28N4O3S. The highest BCUT2D eigenvalue weighted by Crippen LogP contribution is 2.25. The van der Waals surface area contributed by atoms with E-state index in [1.807, 2.05) is 6.07 Å². The lowest BCUT2D eigenvalue weighted by Crippen LogP contribution is -2.47. The predicted octanol–water partition coefficient (Wildman–Crippen LogP) is 2.06. The molecule has 2 N–H and O–H groups in total. The van der Waals surface area contributed by atoms with Crippen LogP contribution in [0.15, 0.2) is 53.4 Å². The van der Waals surface area contributed by atoms with E-state index in [2.05, 4.69) is 44.1 Å². The number of para-hydroxylation sites is 1. The summed E-state index contributed by atoms with van der Waals surface area (Å²) < 4.78 is 27.9. The van der Waals surface area contributed by atoms with Gasteiger partial charge in [0.2, 0.25) is 15.9 Å². The number of fused-ring (bicyclic) bond motifs is 1. The Balaban J connectivity index is 1.22. The minimum absolute atomic E-state index is 0.0270. The van der Waals surface area contributed by atoms with Gasteiger partial charge in [-0.3, -0.25) is 9.69 Å². The van der Waals surface area contributed by atoms with Crippen molar-refractivity contribution in [3.05, 3.63) is 54.1 Å². The standard InChI is InChI=1S/C22H28N4O3S/c27-22-10-7-18-17-20(8-9-21(18)24-22)30(28,29)23-11-4-12-25-13-15-26(16-14-25)19-5-2-1-3-6-19/h1-3,5-6,8-9,17,23H,4,7,10-16H2,(H,24,27). The maximum atomic E-state index is 12.6.